The molecule has 1 aliphatic rings. The van der Waals surface area contributed by atoms with E-state index in [1.165, 1.54) is 11.3 Å². The molecule has 2 heterocycles. The van der Waals surface area contributed by atoms with Gasteiger partial charge in [0, 0.05) is 18.5 Å². The molecule has 156 valence electrons. The molecule has 3 rings (SSSR count). The zero-order valence-electron chi connectivity index (χ0n) is 17.4. The van der Waals surface area contributed by atoms with Crippen molar-refractivity contribution in [2.45, 2.75) is 51.7 Å². The Morgan fingerprint density at radius 2 is 1.86 bits per heavy atom. The van der Waals surface area contributed by atoms with Crippen LogP contribution in [0.4, 0.5) is 4.79 Å². The van der Waals surface area contributed by atoms with Gasteiger partial charge in [-0.15, -0.1) is 0 Å². The van der Waals surface area contributed by atoms with Gasteiger partial charge in [-0.1, -0.05) is 30.3 Å². The van der Waals surface area contributed by atoms with E-state index >= 15 is 0 Å². The van der Waals surface area contributed by atoms with Gasteiger partial charge in [-0.3, -0.25) is 4.79 Å². The predicted octanol–water partition coefficient (Wildman–Crippen LogP) is 5.26. The highest BCUT2D eigenvalue weighted by molar-refractivity contribution is 7.08. The fourth-order valence-corrected chi connectivity index (χ4v) is 4.25. The molecule has 1 aliphatic heterocycles. The maximum absolute atomic E-state index is 12.6. The number of amides is 2. The van der Waals surface area contributed by atoms with Crippen LogP contribution in [-0.4, -0.2) is 35.6 Å². The van der Waals surface area contributed by atoms with Gasteiger partial charge in [-0.2, -0.15) is 11.3 Å². The third kappa shape index (κ3) is 6.32. The molecule has 5 nitrogen and oxygen atoms in total. The van der Waals surface area contributed by atoms with Crippen LogP contribution in [0.5, 0.6) is 0 Å². The first-order chi connectivity index (χ1) is 13.8. The quantitative estimate of drug-likeness (QED) is 0.726. The number of carbonyl (C=O) groups excluding carboxylic acids is 2. The fourth-order valence-electron chi connectivity index (χ4n) is 3.61. The van der Waals surface area contributed by atoms with Gasteiger partial charge < -0.3 is 15.0 Å². The number of thiophene rings is 1. The van der Waals surface area contributed by atoms with Crippen LogP contribution in [0, 0.1) is 5.92 Å². The van der Waals surface area contributed by atoms with Crippen molar-refractivity contribution in [3.05, 3.63) is 58.3 Å². The molecule has 2 amide bonds. The monoisotopic (exact) mass is 414 g/mol. The molecule has 1 aromatic carbocycles. The molecule has 1 aromatic heterocycles. The molecule has 6 heteroatoms. The van der Waals surface area contributed by atoms with Gasteiger partial charge in [0.2, 0.25) is 0 Å². The van der Waals surface area contributed by atoms with E-state index in [0.29, 0.717) is 24.6 Å². The Morgan fingerprint density at radius 1 is 1.17 bits per heavy atom. The van der Waals surface area contributed by atoms with E-state index in [2.05, 4.69) is 17.4 Å². The number of piperidine rings is 1. The number of hydrogen-bond acceptors (Lipinski definition) is 4. The summed E-state index contributed by atoms with van der Waals surface area (Å²) in [7, 11) is 0. The van der Waals surface area contributed by atoms with Crippen LogP contribution in [0.1, 0.15) is 62.0 Å². The van der Waals surface area contributed by atoms with Crippen LogP contribution in [0.15, 0.2) is 47.2 Å². The molecule has 0 saturated carbocycles. The predicted molar refractivity (Wildman–Crippen MR) is 116 cm³/mol. The highest BCUT2D eigenvalue weighted by atomic mass is 32.1. The normalized spacial score (nSPS) is 16.3. The van der Waals surface area contributed by atoms with Crippen molar-refractivity contribution in [1.82, 2.24) is 10.2 Å². The van der Waals surface area contributed by atoms with Crippen molar-refractivity contribution >= 4 is 23.3 Å². The lowest BCUT2D eigenvalue weighted by molar-refractivity contribution is 0.0178. The summed E-state index contributed by atoms with van der Waals surface area (Å²) in [6, 6.07) is 11.9. The van der Waals surface area contributed by atoms with E-state index < -0.39 is 5.60 Å². The van der Waals surface area contributed by atoms with Crippen LogP contribution in [-0.2, 0) is 4.74 Å². The van der Waals surface area contributed by atoms with Crippen molar-refractivity contribution in [3.8, 4) is 0 Å². The zero-order valence-corrected chi connectivity index (χ0v) is 18.2. The summed E-state index contributed by atoms with van der Waals surface area (Å²) < 4.78 is 5.49. The number of rotatable bonds is 5. The van der Waals surface area contributed by atoms with Crippen molar-refractivity contribution in [2.24, 2.45) is 5.92 Å². The van der Waals surface area contributed by atoms with Gasteiger partial charge in [0.25, 0.3) is 5.91 Å². The second-order valence-electron chi connectivity index (χ2n) is 8.60. The van der Waals surface area contributed by atoms with E-state index in [0.717, 1.165) is 24.8 Å². The molecule has 0 aliphatic carbocycles. The first kappa shape index (κ1) is 21.4. The average molecular weight is 415 g/mol. The number of nitrogens with one attached hydrogen (secondary N) is 1. The van der Waals surface area contributed by atoms with Gasteiger partial charge in [-0.05, 0) is 63.0 Å². The number of benzene rings is 1. The Hall–Kier alpha value is -2.34. The minimum atomic E-state index is -0.474. The first-order valence-corrected chi connectivity index (χ1v) is 11.1. The van der Waals surface area contributed by atoms with Crippen molar-refractivity contribution in [2.75, 3.05) is 13.1 Å². The fraction of sp³-hybridized carbons (Fsp3) is 0.478. The summed E-state index contributed by atoms with van der Waals surface area (Å²) in [5.41, 5.74) is 1.35. The van der Waals surface area contributed by atoms with E-state index in [1.54, 1.807) is 4.90 Å². The average Bonchev–Trinajstić information content (AvgIpc) is 3.22. The molecular weight excluding hydrogens is 384 g/mol. The van der Waals surface area contributed by atoms with Crippen LogP contribution in [0.25, 0.3) is 0 Å². The van der Waals surface area contributed by atoms with Crippen LogP contribution in [0.2, 0.25) is 0 Å². The molecule has 1 unspecified atom stereocenters. The molecule has 0 spiro atoms. The lowest BCUT2D eigenvalue weighted by Crippen LogP contribution is -2.42. The third-order valence-electron chi connectivity index (χ3n) is 5.13. The van der Waals surface area contributed by atoms with Gasteiger partial charge in [0.1, 0.15) is 5.60 Å². The van der Waals surface area contributed by atoms with Gasteiger partial charge in [0.15, 0.2) is 0 Å². The Bertz CT molecular complexity index is 791. The highest BCUT2D eigenvalue weighted by Gasteiger charge is 2.29. The summed E-state index contributed by atoms with van der Waals surface area (Å²) >= 11 is 1.52. The second-order valence-corrected chi connectivity index (χ2v) is 9.38. The standard InChI is InChI=1S/C23H30N2O3S/c1-23(2,3)28-22(27)25-12-9-17(10-13-25)15-20(18-7-5-4-6-8-18)24-21(26)19-11-14-29-16-19/h4-8,11,14,16-17,20H,9-10,12-13,15H2,1-3H3,(H,24,26). The van der Waals surface area contributed by atoms with Crippen molar-refractivity contribution in [1.29, 1.82) is 0 Å². The summed E-state index contributed by atoms with van der Waals surface area (Å²) in [6.45, 7) is 7.05. The van der Waals surface area contributed by atoms with Crippen molar-refractivity contribution in [3.63, 3.8) is 0 Å². The van der Waals surface area contributed by atoms with E-state index in [9.17, 15) is 9.59 Å². The molecule has 1 saturated heterocycles. The van der Waals surface area contributed by atoms with E-state index in [1.807, 2.05) is 55.8 Å². The summed E-state index contributed by atoms with van der Waals surface area (Å²) in [4.78, 5) is 26.7. The summed E-state index contributed by atoms with van der Waals surface area (Å²) in [6.07, 6.45) is 2.46. The number of ether oxygens (including phenoxy) is 1. The maximum atomic E-state index is 12.6. The smallest absolute Gasteiger partial charge is 0.410 e. The van der Waals surface area contributed by atoms with E-state index in [4.69, 9.17) is 4.74 Å². The lowest BCUT2D eigenvalue weighted by atomic mass is 9.87. The number of likely N-dealkylation sites (tertiary alicyclic amines) is 1. The second kappa shape index (κ2) is 9.44. The minimum absolute atomic E-state index is 0.0358. The Labute approximate surface area is 177 Å². The summed E-state index contributed by atoms with van der Waals surface area (Å²) in [5.74, 6) is 0.410. The third-order valence-corrected chi connectivity index (χ3v) is 5.81. The minimum Gasteiger partial charge on any atom is -0.444 e. The Balaban J connectivity index is 1.60. The highest BCUT2D eigenvalue weighted by Crippen LogP contribution is 2.29. The lowest BCUT2D eigenvalue weighted by Gasteiger charge is -2.35. The number of carbonyl (C=O) groups is 2. The molecule has 1 fully saturated rings. The topological polar surface area (TPSA) is 58.6 Å². The van der Waals surface area contributed by atoms with Crippen LogP contribution >= 0.6 is 11.3 Å². The Kier molecular flexibility index (Phi) is 6.96. The Morgan fingerprint density at radius 3 is 2.45 bits per heavy atom. The molecule has 1 N–H and O–H groups in total. The number of hydrogen-bond donors (Lipinski definition) is 1. The maximum Gasteiger partial charge on any atom is 0.410 e. The molecular formula is C23H30N2O3S. The van der Waals surface area contributed by atoms with E-state index in [-0.39, 0.29) is 18.0 Å². The first-order valence-electron chi connectivity index (χ1n) is 10.2. The summed E-state index contributed by atoms with van der Waals surface area (Å²) in [5, 5.41) is 7.00. The van der Waals surface area contributed by atoms with Crippen LogP contribution < -0.4 is 5.32 Å². The molecule has 29 heavy (non-hydrogen) atoms. The van der Waals surface area contributed by atoms with Gasteiger partial charge in [0.05, 0.1) is 11.6 Å². The largest absolute Gasteiger partial charge is 0.444 e. The molecule has 1 atom stereocenters. The molecule has 0 bridgehead atoms. The molecule has 2 aromatic rings. The zero-order chi connectivity index (χ0) is 20.9. The van der Waals surface area contributed by atoms with Crippen molar-refractivity contribution < 1.29 is 14.3 Å². The molecule has 0 radical (unpaired) electrons. The van der Waals surface area contributed by atoms with Crippen LogP contribution in [0.3, 0.4) is 0 Å². The number of nitrogens with zero attached hydrogens (tertiary/aromatic N) is 1. The van der Waals surface area contributed by atoms with Gasteiger partial charge in [-0.25, -0.2) is 4.79 Å². The SMILES string of the molecule is CC(C)(C)OC(=O)N1CCC(CC(NC(=O)c2ccsc2)c2ccccc2)CC1. The van der Waals surface area contributed by atoms with Gasteiger partial charge >= 0.3 is 6.09 Å².